The minimum Gasteiger partial charge on any atom is -0.504 e. The van der Waals surface area contributed by atoms with Crippen LogP contribution >= 0.6 is 0 Å². The first-order valence-electron chi connectivity index (χ1n) is 12.6. The summed E-state index contributed by atoms with van der Waals surface area (Å²) in [4.78, 5) is 14.3. The molecule has 0 aliphatic rings. The highest BCUT2D eigenvalue weighted by Crippen LogP contribution is 2.37. The van der Waals surface area contributed by atoms with Crippen LogP contribution in [0.4, 0.5) is 0 Å². The summed E-state index contributed by atoms with van der Waals surface area (Å²) < 4.78 is 11.8. The number of benzene rings is 5. The van der Waals surface area contributed by atoms with Crippen molar-refractivity contribution >= 4 is 43.2 Å². The van der Waals surface area contributed by atoms with Crippen molar-refractivity contribution in [3.8, 4) is 40.2 Å². The lowest BCUT2D eigenvalue weighted by Gasteiger charge is -2.16. The van der Waals surface area contributed by atoms with Gasteiger partial charge < -0.3 is 40.0 Å². The molecule has 1 aromatic heterocycles. The summed E-state index contributed by atoms with van der Waals surface area (Å²) in [6.07, 6.45) is 0. The number of aromatic amines is 1. The second-order valence-corrected chi connectivity index (χ2v) is 10.0. The molecule has 6 rings (SSSR count). The van der Waals surface area contributed by atoms with Gasteiger partial charge in [0.05, 0.1) is 13.2 Å². The van der Waals surface area contributed by atoms with E-state index in [2.05, 4.69) is 4.98 Å². The van der Waals surface area contributed by atoms with Gasteiger partial charge in [-0.1, -0.05) is 6.92 Å². The van der Waals surface area contributed by atoms with E-state index in [-0.39, 0.29) is 53.6 Å². The van der Waals surface area contributed by atoms with Crippen molar-refractivity contribution in [1.29, 1.82) is 0 Å². The number of phenols is 4. The number of rotatable bonds is 6. The normalized spacial score (nSPS) is 12.3. The third kappa shape index (κ3) is 4.58. The Kier molecular flexibility index (Phi) is 5.91. The zero-order valence-electron chi connectivity index (χ0n) is 21.3. The fourth-order valence-corrected chi connectivity index (χ4v) is 4.75. The maximum absolute atomic E-state index is 11.7. The lowest BCUT2D eigenvalue weighted by molar-refractivity contribution is 0.181. The van der Waals surface area contributed by atoms with Crippen molar-refractivity contribution in [2.24, 2.45) is 5.92 Å². The molecule has 0 aliphatic heterocycles. The maximum atomic E-state index is 11.7. The van der Waals surface area contributed by atoms with Crippen LogP contribution in [0, 0.1) is 5.92 Å². The Labute approximate surface area is 226 Å². The number of H-pyrrole nitrogens is 1. The molecule has 6 aromatic rings. The van der Waals surface area contributed by atoms with Crippen LogP contribution in [0.15, 0.2) is 71.5 Å². The molecule has 1 unspecified atom stereocenters. The number of nitrogens with one attached hydrogen (secondary N) is 1. The number of hydrogen-bond acceptors (Lipinski definition) is 8. The molecule has 0 spiro atoms. The summed E-state index contributed by atoms with van der Waals surface area (Å²) in [7, 11) is 0. The Bertz CT molecular complexity index is 2010. The van der Waals surface area contributed by atoms with Crippen LogP contribution in [-0.2, 0) is 0 Å². The number of aromatic hydroxyl groups is 5. The van der Waals surface area contributed by atoms with Gasteiger partial charge >= 0.3 is 0 Å². The zero-order valence-corrected chi connectivity index (χ0v) is 21.3. The van der Waals surface area contributed by atoms with Gasteiger partial charge in [0.15, 0.2) is 40.2 Å². The topological polar surface area (TPSA) is 152 Å². The molecule has 0 aliphatic carbocycles. The van der Waals surface area contributed by atoms with E-state index >= 15 is 0 Å². The van der Waals surface area contributed by atoms with E-state index in [4.69, 9.17) is 9.47 Å². The van der Waals surface area contributed by atoms with Gasteiger partial charge in [-0.15, -0.1) is 0 Å². The standard InChI is InChI=1S/C31H25NO8/c1-15(13-39-29-11-19-3-17-7-25(34)24(33)6-16(17)2-18(19)8-26(29)35)14-40-30-12-20-4-22-10-28(37)31(38)32-23(22)5-21(20)9-27(30)36/h2-12,15,33-37H,13-14H2,1H3,(H,32,38). The Morgan fingerprint density at radius 3 is 1.48 bits per heavy atom. The number of fused-ring (bicyclic) bond motifs is 4. The molecule has 0 bridgehead atoms. The Morgan fingerprint density at radius 2 is 0.950 bits per heavy atom. The highest BCUT2D eigenvalue weighted by Gasteiger charge is 2.13. The number of pyridine rings is 1. The molecule has 5 aromatic carbocycles. The first-order chi connectivity index (χ1) is 19.1. The first kappa shape index (κ1) is 25.0. The molecule has 0 saturated heterocycles. The molecule has 6 N–H and O–H groups in total. The minimum atomic E-state index is -0.584. The molecule has 9 heteroatoms. The molecule has 1 atom stereocenters. The van der Waals surface area contributed by atoms with Crippen LogP contribution in [0.5, 0.6) is 40.2 Å². The fourth-order valence-electron chi connectivity index (χ4n) is 4.75. The third-order valence-corrected chi connectivity index (χ3v) is 6.87. The van der Waals surface area contributed by atoms with Crippen LogP contribution < -0.4 is 15.0 Å². The molecule has 0 fully saturated rings. The maximum Gasteiger partial charge on any atom is 0.290 e. The summed E-state index contributed by atoms with van der Waals surface area (Å²) in [5.74, 6) is -0.422. The van der Waals surface area contributed by atoms with E-state index < -0.39 is 5.56 Å². The summed E-state index contributed by atoms with van der Waals surface area (Å²) in [5, 5.41) is 55.5. The molecule has 0 radical (unpaired) electrons. The summed E-state index contributed by atoms with van der Waals surface area (Å²) >= 11 is 0. The SMILES string of the molecule is CC(COc1cc2cc3cc(O)c(O)cc3cc2cc1O)COc1cc2cc3cc(O)c(=O)[nH]c3cc2cc1O. The smallest absolute Gasteiger partial charge is 0.290 e. The molecule has 0 saturated carbocycles. The largest absolute Gasteiger partial charge is 0.504 e. The molecule has 1 heterocycles. The Morgan fingerprint density at radius 1 is 0.550 bits per heavy atom. The predicted octanol–water partition coefficient (Wildman–Crippen LogP) is 5.61. The minimum absolute atomic E-state index is 0.0326. The highest BCUT2D eigenvalue weighted by atomic mass is 16.5. The van der Waals surface area contributed by atoms with E-state index in [1.165, 1.54) is 18.2 Å². The van der Waals surface area contributed by atoms with Crippen LogP contribution in [0.25, 0.3) is 43.2 Å². The van der Waals surface area contributed by atoms with Gasteiger partial charge in [0.2, 0.25) is 0 Å². The van der Waals surface area contributed by atoms with Crippen LogP contribution in [0.1, 0.15) is 6.92 Å². The van der Waals surface area contributed by atoms with Crippen molar-refractivity contribution in [3.63, 3.8) is 0 Å². The Balaban J connectivity index is 1.17. The van der Waals surface area contributed by atoms with Crippen LogP contribution in [0.3, 0.4) is 0 Å². The highest BCUT2D eigenvalue weighted by molar-refractivity contribution is 6.01. The number of aromatic nitrogens is 1. The van der Waals surface area contributed by atoms with Gasteiger partial charge in [-0.3, -0.25) is 4.79 Å². The van der Waals surface area contributed by atoms with Gasteiger partial charge in [-0.25, -0.2) is 0 Å². The molecule has 9 nitrogen and oxygen atoms in total. The van der Waals surface area contributed by atoms with E-state index in [0.29, 0.717) is 22.0 Å². The second kappa shape index (κ2) is 9.46. The van der Waals surface area contributed by atoms with Gasteiger partial charge in [0, 0.05) is 16.8 Å². The number of hydrogen-bond donors (Lipinski definition) is 6. The van der Waals surface area contributed by atoms with E-state index in [1.54, 1.807) is 36.4 Å². The third-order valence-electron chi connectivity index (χ3n) is 6.87. The number of phenolic OH excluding ortho intramolecular Hbond substituents is 4. The quantitative estimate of drug-likeness (QED) is 0.118. The van der Waals surface area contributed by atoms with Crippen LogP contribution in [0.2, 0.25) is 0 Å². The van der Waals surface area contributed by atoms with E-state index in [1.807, 2.05) is 19.1 Å². The molecule has 40 heavy (non-hydrogen) atoms. The monoisotopic (exact) mass is 539 g/mol. The van der Waals surface area contributed by atoms with Crippen molar-refractivity contribution in [2.45, 2.75) is 6.92 Å². The van der Waals surface area contributed by atoms with Gasteiger partial charge in [-0.2, -0.15) is 0 Å². The zero-order chi connectivity index (χ0) is 28.1. The number of ether oxygens (including phenoxy) is 2. The van der Waals surface area contributed by atoms with E-state index in [0.717, 1.165) is 26.9 Å². The Hall–Kier alpha value is -5.31. The van der Waals surface area contributed by atoms with Crippen molar-refractivity contribution in [2.75, 3.05) is 13.2 Å². The average Bonchev–Trinajstić information content (AvgIpc) is 2.90. The van der Waals surface area contributed by atoms with Gasteiger partial charge in [0.1, 0.15) is 0 Å². The lowest BCUT2D eigenvalue weighted by atomic mass is 10.0. The fraction of sp³-hybridized carbons (Fsp3) is 0.129. The van der Waals surface area contributed by atoms with Gasteiger partial charge in [-0.05, 0) is 99.0 Å². The summed E-state index contributed by atoms with van der Waals surface area (Å²) in [6.45, 7) is 2.36. The molecular weight excluding hydrogens is 514 g/mol. The predicted molar refractivity (Wildman–Crippen MR) is 152 cm³/mol. The molecule has 0 amide bonds. The van der Waals surface area contributed by atoms with Crippen LogP contribution in [-0.4, -0.2) is 43.7 Å². The molecular formula is C31H25NO8. The van der Waals surface area contributed by atoms with Gasteiger partial charge in [0.25, 0.3) is 5.56 Å². The van der Waals surface area contributed by atoms with Crippen molar-refractivity contribution < 1.29 is 35.0 Å². The summed E-state index contributed by atoms with van der Waals surface area (Å²) in [5.41, 5.74) is -0.0455. The molecule has 202 valence electrons. The van der Waals surface area contributed by atoms with Crippen molar-refractivity contribution in [1.82, 2.24) is 4.98 Å². The first-order valence-corrected chi connectivity index (χ1v) is 12.6. The lowest BCUT2D eigenvalue weighted by Crippen LogP contribution is -2.16. The average molecular weight is 540 g/mol. The summed E-state index contributed by atoms with van der Waals surface area (Å²) in [6, 6.07) is 18.0. The second-order valence-electron chi connectivity index (χ2n) is 10.0. The van der Waals surface area contributed by atoms with Crippen molar-refractivity contribution in [3.05, 3.63) is 77.1 Å². The van der Waals surface area contributed by atoms with E-state index in [9.17, 15) is 30.3 Å².